The molecule has 1 unspecified atom stereocenters. The molecule has 1 aliphatic rings. The van der Waals surface area contributed by atoms with Gasteiger partial charge in [-0.25, -0.2) is 0 Å². The highest BCUT2D eigenvalue weighted by atomic mass is 16.5. The lowest BCUT2D eigenvalue weighted by molar-refractivity contribution is -0.130. The minimum absolute atomic E-state index is 0.116. The second-order valence-corrected chi connectivity index (χ2v) is 4.25. The van der Waals surface area contributed by atoms with Crippen LogP contribution in [0.15, 0.2) is 18.2 Å². The van der Waals surface area contributed by atoms with Crippen LogP contribution in [-0.2, 0) is 9.53 Å². The maximum atomic E-state index is 11.9. The summed E-state index contributed by atoms with van der Waals surface area (Å²) in [6.45, 7) is 2.73. The molecule has 1 aromatic carbocycles. The molecule has 1 aromatic rings. The first-order chi connectivity index (χ1) is 9.19. The van der Waals surface area contributed by atoms with Crippen LogP contribution >= 0.6 is 0 Å². The number of carbonyl (C=O) groups is 3. The third kappa shape index (κ3) is 2.50. The van der Waals surface area contributed by atoms with E-state index in [2.05, 4.69) is 11.7 Å². The zero-order valence-corrected chi connectivity index (χ0v) is 10.5. The van der Waals surface area contributed by atoms with Gasteiger partial charge in [-0.3, -0.25) is 14.4 Å². The van der Waals surface area contributed by atoms with E-state index in [9.17, 15) is 14.4 Å². The monoisotopic (exact) mass is 262 g/mol. The molecule has 1 atom stereocenters. The molecule has 0 amide bonds. The van der Waals surface area contributed by atoms with E-state index in [0.29, 0.717) is 12.4 Å². The zero-order valence-electron chi connectivity index (χ0n) is 10.5. The van der Waals surface area contributed by atoms with Crippen molar-refractivity contribution in [1.82, 2.24) is 0 Å². The number of fused-ring (bicyclic) bond motifs is 1. The maximum absolute atomic E-state index is 11.9. The minimum Gasteiger partial charge on any atom is -0.494 e. The third-order valence-electron chi connectivity index (χ3n) is 2.96. The molecule has 1 aliphatic carbocycles. The summed E-state index contributed by atoms with van der Waals surface area (Å²) in [5, 5.41) is 0. The highest BCUT2D eigenvalue weighted by Gasteiger charge is 2.40. The molecule has 0 saturated carbocycles. The summed E-state index contributed by atoms with van der Waals surface area (Å²) < 4.78 is 10.0. The van der Waals surface area contributed by atoms with E-state index in [0.717, 1.165) is 12.8 Å². The van der Waals surface area contributed by atoms with E-state index in [1.807, 2.05) is 0 Å². The molecule has 0 fully saturated rings. The minimum atomic E-state index is -1.33. The lowest BCUT2D eigenvalue weighted by Crippen LogP contribution is -2.25. The van der Waals surface area contributed by atoms with Gasteiger partial charge in [0.05, 0.1) is 6.61 Å². The molecular weight excluding hydrogens is 248 g/mol. The fraction of sp³-hybridized carbons (Fsp3) is 0.357. The van der Waals surface area contributed by atoms with Gasteiger partial charge >= 0.3 is 0 Å². The molecule has 0 saturated heterocycles. The van der Waals surface area contributed by atoms with Gasteiger partial charge in [0.1, 0.15) is 5.75 Å². The van der Waals surface area contributed by atoms with Crippen molar-refractivity contribution in [2.45, 2.75) is 25.9 Å². The van der Waals surface area contributed by atoms with Crippen LogP contribution < -0.4 is 4.74 Å². The SMILES string of the molecule is CCCCOc1ccc2c(c1)C(=O)C(OC=O)C2=O. The predicted octanol–water partition coefficient (Wildman–Crippen LogP) is 1.79. The topological polar surface area (TPSA) is 69.7 Å². The Bertz CT molecular complexity index is 521. The van der Waals surface area contributed by atoms with Crippen molar-refractivity contribution in [1.29, 1.82) is 0 Å². The van der Waals surface area contributed by atoms with Crippen LogP contribution in [0.2, 0.25) is 0 Å². The van der Waals surface area contributed by atoms with Gasteiger partial charge in [0, 0.05) is 11.1 Å². The molecule has 2 rings (SSSR count). The summed E-state index contributed by atoms with van der Waals surface area (Å²) in [6.07, 6.45) is 0.594. The Balaban J connectivity index is 2.21. The highest BCUT2D eigenvalue weighted by Crippen LogP contribution is 2.27. The van der Waals surface area contributed by atoms with Crippen LogP contribution in [0.4, 0.5) is 0 Å². The Morgan fingerprint density at radius 1 is 1.21 bits per heavy atom. The number of ketones is 2. The predicted molar refractivity (Wildman–Crippen MR) is 66.4 cm³/mol. The van der Waals surface area contributed by atoms with Crippen molar-refractivity contribution in [2.24, 2.45) is 0 Å². The summed E-state index contributed by atoms with van der Waals surface area (Å²) in [4.78, 5) is 34.0. The Labute approximate surface area is 110 Å². The van der Waals surface area contributed by atoms with E-state index in [1.54, 1.807) is 6.07 Å². The van der Waals surface area contributed by atoms with Crippen LogP contribution in [-0.4, -0.2) is 30.7 Å². The van der Waals surface area contributed by atoms with E-state index in [-0.39, 0.29) is 17.6 Å². The largest absolute Gasteiger partial charge is 0.494 e. The molecule has 0 radical (unpaired) electrons. The smallest absolute Gasteiger partial charge is 0.294 e. The van der Waals surface area contributed by atoms with Gasteiger partial charge < -0.3 is 9.47 Å². The third-order valence-corrected chi connectivity index (χ3v) is 2.96. The average Bonchev–Trinajstić information content (AvgIpc) is 2.65. The summed E-state index contributed by atoms with van der Waals surface area (Å²) in [5.74, 6) is -0.430. The van der Waals surface area contributed by atoms with Crippen LogP contribution in [0.25, 0.3) is 0 Å². The molecule has 5 nitrogen and oxygen atoms in total. The molecule has 100 valence electrons. The Morgan fingerprint density at radius 2 is 1.95 bits per heavy atom. The number of unbranched alkanes of at least 4 members (excludes halogenated alkanes) is 1. The molecule has 0 heterocycles. The molecule has 5 heteroatoms. The highest BCUT2D eigenvalue weighted by molar-refractivity contribution is 6.29. The molecule has 19 heavy (non-hydrogen) atoms. The van der Waals surface area contributed by atoms with Crippen molar-refractivity contribution < 1.29 is 23.9 Å². The van der Waals surface area contributed by atoms with E-state index >= 15 is 0 Å². The molecular formula is C14H14O5. The van der Waals surface area contributed by atoms with Gasteiger partial charge in [-0.05, 0) is 24.6 Å². The van der Waals surface area contributed by atoms with E-state index < -0.39 is 17.7 Å². The fourth-order valence-electron chi connectivity index (χ4n) is 1.95. The summed E-state index contributed by atoms with van der Waals surface area (Å²) in [5.41, 5.74) is 0.533. The quantitative estimate of drug-likeness (QED) is 0.444. The van der Waals surface area contributed by atoms with Gasteiger partial charge in [0.2, 0.25) is 17.7 Å². The first-order valence-electron chi connectivity index (χ1n) is 6.13. The number of hydrogen-bond donors (Lipinski definition) is 0. The maximum Gasteiger partial charge on any atom is 0.294 e. The Kier molecular flexibility index (Phi) is 3.94. The molecule has 0 N–H and O–H groups in total. The number of Topliss-reactive ketones (excluding diaryl/α,β-unsaturated/α-hetero) is 2. The zero-order chi connectivity index (χ0) is 13.8. The number of hydrogen-bond acceptors (Lipinski definition) is 5. The fourth-order valence-corrected chi connectivity index (χ4v) is 1.95. The van der Waals surface area contributed by atoms with Crippen LogP contribution in [0.1, 0.15) is 40.5 Å². The van der Waals surface area contributed by atoms with Crippen molar-refractivity contribution in [3.05, 3.63) is 29.3 Å². The van der Waals surface area contributed by atoms with Gasteiger partial charge in [-0.15, -0.1) is 0 Å². The van der Waals surface area contributed by atoms with Crippen LogP contribution in [0.3, 0.4) is 0 Å². The molecule has 0 spiro atoms. The standard InChI is InChI=1S/C14H14O5/c1-2-3-6-18-9-4-5-10-11(7-9)13(17)14(12(10)16)19-8-15/h4-5,7-8,14H,2-3,6H2,1H3. The van der Waals surface area contributed by atoms with Gasteiger partial charge in [0.25, 0.3) is 6.47 Å². The number of benzene rings is 1. The van der Waals surface area contributed by atoms with Crippen molar-refractivity contribution in [2.75, 3.05) is 6.61 Å². The molecule has 0 bridgehead atoms. The van der Waals surface area contributed by atoms with E-state index in [1.165, 1.54) is 12.1 Å². The molecule has 0 aromatic heterocycles. The van der Waals surface area contributed by atoms with Gasteiger partial charge in [0.15, 0.2) is 0 Å². The number of ether oxygens (including phenoxy) is 2. The van der Waals surface area contributed by atoms with Crippen molar-refractivity contribution in [3.63, 3.8) is 0 Å². The number of carbonyl (C=O) groups excluding carboxylic acids is 3. The summed E-state index contributed by atoms with van der Waals surface area (Å²) >= 11 is 0. The van der Waals surface area contributed by atoms with Crippen molar-refractivity contribution in [3.8, 4) is 5.75 Å². The summed E-state index contributed by atoms with van der Waals surface area (Å²) in [7, 11) is 0. The normalized spacial score (nSPS) is 17.2. The lowest BCUT2D eigenvalue weighted by Gasteiger charge is -2.06. The Morgan fingerprint density at radius 3 is 2.63 bits per heavy atom. The first-order valence-corrected chi connectivity index (χ1v) is 6.13. The van der Waals surface area contributed by atoms with Crippen molar-refractivity contribution >= 4 is 18.0 Å². The second-order valence-electron chi connectivity index (χ2n) is 4.25. The second kappa shape index (κ2) is 5.65. The van der Waals surface area contributed by atoms with Gasteiger partial charge in [-0.2, -0.15) is 0 Å². The van der Waals surface area contributed by atoms with Crippen LogP contribution in [0.5, 0.6) is 5.75 Å². The first kappa shape index (κ1) is 13.3. The van der Waals surface area contributed by atoms with Gasteiger partial charge in [-0.1, -0.05) is 13.3 Å². The molecule has 0 aliphatic heterocycles. The van der Waals surface area contributed by atoms with Crippen LogP contribution in [0, 0.1) is 0 Å². The average molecular weight is 262 g/mol. The Hall–Kier alpha value is -2.17. The van der Waals surface area contributed by atoms with E-state index in [4.69, 9.17) is 4.74 Å². The summed E-state index contributed by atoms with van der Waals surface area (Å²) in [6, 6.07) is 4.70. The number of rotatable bonds is 6. The lowest BCUT2D eigenvalue weighted by atomic mass is 10.1.